The van der Waals surface area contributed by atoms with Crippen LogP contribution in [0.15, 0.2) is 24.3 Å². The Morgan fingerprint density at radius 1 is 1.55 bits per heavy atom. The number of nitrogens with zero attached hydrogens (tertiary/aromatic N) is 1. The maximum Gasteiger partial charge on any atom is 0.222 e. The van der Waals surface area contributed by atoms with Gasteiger partial charge in [-0.1, -0.05) is 31.2 Å². The Balaban J connectivity index is 1.92. The zero-order valence-electron chi connectivity index (χ0n) is 12.3. The van der Waals surface area contributed by atoms with Gasteiger partial charge in [0.1, 0.15) is 0 Å². The molecule has 0 spiro atoms. The fraction of sp³-hybridized carbons (Fsp3) is 0.562. The van der Waals surface area contributed by atoms with Crippen LogP contribution in [-0.2, 0) is 11.4 Å². The van der Waals surface area contributed by atoms with E-state index in [0.717, 1.165) is 25.1 Å². The SMILES string of the molecule is CCC(=O)N1CCC(NC(C)c2cccc(CO)c2)C1. The predicted octanol–water partition coefficient (Wildman–Crippen LogP) is 1.84. The fourth-order valence-corrected chi connectivity index (χ4v) is 2.76. The lowest BCUT2D eigenvalue weighted by Gasteiger charge is -2.21. The number of carbonyl (C=O) groups excluding carboxylic acids is 1. The molecule has 1 aliphatic heterocycles. The van der Waals surface area contributed by atoms with Gasteiger partial charge in [0.15, 0.2) is 0 Å². The molecule has 1 aliphatic rings. The second-order valence-electron chi connectivity index (χ2n) is 5.47. The fourth-order valence-electron chi connectivity index (χ4n) is 2.76. The van der Waals surface area contributed by atoms with E-state index in [1.54, 1.807) is 0 Å². The van der Waals surface area contributed by atoms with E-state index >= 15 is 0 Å². The number of hydrogen-bond acceptors (Lipinski definition) is 3. The van der Waals surface area contributed by atoms with Crippen molar-refractivity contribution < 1.29 is 9.90 Å². The molecular formula is C16H24N2O2. The van der Waals surface area contributed by atoms with E-state index < -0.39 is 0 Å². The van der Waals surface area contributed by atoms with Crippen molar-refractivity contribution in [2.45, 2.75) is 45.4 Å². The van der Waals surface area contributed by atoms with Crippen molar-refractivity contribution in [3.8, 4) is 0 Å². The Kier molecular flexibility index (Phi) is 5.15. The summed E-state index contributed by atoms with van der Waals surface area (Å²) < 4.78 is 0. The van der Waals surface area contributed by atoms with Crippen molar-refractivity contribution in [2.75, 3.05) is 13.1 Å². The minimum atomic E-state index is 0.0722. The van der Waals surface area contributed by atoms with E-state index in [4.69, 9.17) is 0 Å². The van der Waals surface area contributed by atoms with Crippen molar-refractivity contribution in [3.05, 3.63) is 35.4 Å². The van der Waals surface area contributed by atoms with Crippen LogP contribution in [-0.4, -0.2) is 35.0 Å². The summed E-state index contributed by atoms with van der Waals surface area (Å²) in [5, 5.41) is 12.8. The molecule has 0 aromatic heterocycles. The first kappa shape index (κ1) is 15.0. The molecule has 20 heavy (non-hydrogen) atoms. The summed E-state index contributed by atoms with van der Waals surface area (Å²) in [7, 11) is 0. The average molecular weight is 276 g/mol. The van der Waals surface area contributed by atoms with Gasteiger partial charge in [0.2, 0.25) is 5.91 Å². The molecule has 1 amide bonds. The molecule has 0 radical (unpaired) electrons. The molecule has 2 N–H and O–H groups in total. The van der Waals surface area contributed by atoms with Crippen LogP contribution in [0, 0.1) is 0 Å². The number of amides is 1. The lowest BCUT2D eigenvalue weighted by molar-refractivity contribution is -0.129. The van der Waals surface area contributed by atoms with Crippen LogP contribution in [0.5, 0.6) is 0 Å². The van der Waals surface area contributed by atoms with Gasteiger partial charge < -0.3 is 15.3 Å². The summed E-state index contributed by atoms with van der Waals surface area (Å²) in [6.07, 6.45) is 1.59. The van der Waals surface area contributed by atoms with Gasteiger partial charge in [-0.05, 0) is 24.5 Å². The summed E-state index contributed by atoms with van der Waals surface area (Å²) >= 11 is 0. The van der Waals surface area contributed by atoms with Crippen LogP contribution in [0.4, 0.5) is 0 Å². The summed E-state index contributed by atoms with van der Waals surface area (Å²) in [5.74, 6) is 0.240. The average Bonchev–Trinajstić information content (AvgIpc) is 2.95. The molecule has 1 heterocycles. The third-order valence-electron chi connectivity index (χ3n) is 3.96. The number of aliphatic hydroxyl groups is 1. The molecule has 0 aliphatic carbocycles. The van der Waals surface area contributed by atoms with Crippen molar-refractivity contribution in [1.29, 1.82) is 0 Å². The van der Waals surface area contributed by atoms with E-state index in [-0.39, 0.29) is 18.6 Å². The highest BCUT2D eigenvalue weighted by molar-refractivity contribution is 5.76. The predicted molar refractivity (Wildman–Crippen MR) is 79.2 cm³/mol. The normalized spacial score (nSPS) is 20.1. The highest BCUT2D eigenvalue weighted by Gasteiger charge is 2.26. The van der Waals surface area contributed by atoms with Crippen LogP contribution in [0.1, 0.15) is 43.9 Å². The molecule has 110 valence electrons. The summed E-state index contributed by atoms with van der Waals surface area (Å²) in [4.78, 5) is 13.6. The number of hydrogen-bond donors (Lipinski definition) is 2. The van der Waals surface area contributed by atoms with Crippen molar-refractivity contribution in [1.82, 2.24) is 10.2 Å². The van der Waals surface area contributed by atoms with Crippen LogP contribution < -0.4 is 5.32 Å². The largest absolute Gasteiger partial charge is 0.392 e. The maximum absolute atomic E-state index is 11.7. The highest BCUT2D eigenvalue weighted by Crippen LogP contribution is 2.18. The molecule has 2 unspecified atom stereocenters. The standard InChI is InChI=1S/C16H24N2O2/c1-3-16(20)18-8-7-15(10-18)17-12(2)14-6-4-5-13(9-14)11-19/h4-6,9,12,15,17,19H,3,7-8,10-11H2,1-2H3. The number of aliphatic hydroxyl groups excluding tert-OH is 1. The van der Waals surface area contributed by atoms with E-state index in [0.29, 0.717) is 12.5 Å². The monoisotopic (exact) mass is 276 g/mol. The minimum Gasteiger partial charge on any atom is -0.392 e. The Bertz CT molecular complexity index is 462. The summed E-state index contributed by atoms with van der Waals surface area (Å²) in [5.41, 5.74) is 2.11. The first-order valence-electron chi connectivity index (χ1n) is 7.37. The van der Waals surface area contributed by atoms with E-state index in [9.17, 15) is 9.90 Å². The lowest BCUT2D eigenvalue weighted by Crippen LogP contribution is -2.36. The summed E-state index contributed by atoms with van der Waals surface area (Å²) in [6, 6.07) is 8.58. The van der Waals surface area contributed by atoms with Gasteiger partial charge in [0.05, 0.1) is 6.61 Å². The molecule has 1 fully saturated rings. The maximum atomic E-state index is 11.7. The molecule has 0 bridgehead atoms. The van der Waals surface area contributed by atoms with E-state index in [1.807, 2.05) is 30.0 Å². The minimum absolute atomic E-state index is 0.0722. The molecule has 1 aromatic carbocycles. The van der Waals surface area contributed by atoms with Crippen molar-refractivity contribution in [2.24, 2.45) is 0 Å². The molecular weight excluding hydrogens is 252 g/mol. The zero-order chi connectivity index (χ0) is 14.5. The van der Waals surface area contributed by atoms with Gasteiger partial charge in [-0.25, -0.2) is 0 Å². The Morgan fingerprint density at radius 2 is 2.35 bits per heavy atom. The first-order chi connectivity index (χ1) is 9.63. The molecule has 2 rings (SSSR count). The molecule has 2 atom stereocenters. The third-order valence-corrected chi connectivity index (χ3v) is 3.96. The quantitative estimate of drug-likeness (QED) is 0.863. The molecule has 4 nitrogen and oxygen atoms in total. The Labute approximate surface area is 120 Å². The van der Waals surface area contributed by atoms with Crippen LogP contribution in [0.3, 0.4) is 0 Å². The van der Waals surface area contributed by atoms with Crippen LogP contribution >= 0.6 is 0 Å². The number of rotatable bonds is 5. The number of nitrogens with one attached hydrogen (secondary N) is 1. The highest BCUT2D eigenvalue weighted by atomic mass is 16.3. The second-order valence-corrected chi connectivity index (χ2v) is 5.47. The Morgan fingerprint density at radius 3 is 3.05 bits per heavy atom. The number of likely N-dealkylation sites (tertiary alicyclic amines) is 1. The van der Waals surface area contributed by atoms with Gasteiger partial charge in [-0.3, -0.25) is 4.79 Å². The first-order valence-corrected chi connectivity index (χ1v) is 7.37. The number of benzene rings is 1. The van der Waals surface area contributed by atoms with E-state index in [2.05, 4.69) is 18.3 Å². The smallest absolute Gasteiger partial charge is 0.222 e. The third kappa shape index (κ3) is 3.58. The van der Waals surface area contributed by atoms with Gasteiger partial charge in [-0.2, -0.15) is 0 Å². The summed E-state index contributed by atoms with van der Waals surface area (Å²) in [6.45, 7) is 5.76. The zero-order valence-corrected chi connectivity index (χ0v) is 12.3. The van der Waals surface area contributed by atoms with Crippen molar-refractivity contribution >= 4 is 5.91 Å². The second kappa shape index (κ2) is 6.86. The van der Waals surface area contributed by atoms with Crippen LogP contribution in [0.2, 0.25) is 0 Å². The van der Waals surface area contributed by atoms with Gasteiger partial charge in [-0.15, -0.1) is 0 Å². The molecule has 4 heteroatoms. The van der Waals surface area contributed by atoms with Crippen molar-refractivity contribution in [3.63, 3.8) is 0 Å². The van der Waals surface area contributed by atoms with Gasteiger partial charge in [0, 0.05) is 31.6 Å². The molecule has 1 saturated heterocycles. The Hall–Kier alpha value is -1.39. The van der Waals surface area contributed by atoms with E-state index in [1.165, 1.54) is 5.56 Å². The van der Waals surface area contributed by atoms with Crippen LogP contribution in [0.25, 0.3) is 0 Å². The molecule has 1 aromatic rings. The molecule has 0 saturated carbocycles. The topological polar surface area (TPSA) is 52.6 Å². The lowest BCUT2D eigenvalue weighted by atomic mass is 10.0. The van der Waals surface area contributed by atoms with Gasteiger partial charge in [0.25, 0.3) is 0 Å². The number of carbonyl (C=O) groups is 1. The van der Waals surface area contributed by atoms with Gasteiger partial charge >= 0.3 is 0 Å².